The SMILES string of the molecule is CC(C)(C)OC(=O)N1CCC(OC(=O)OC23CC4CC(CC(C4)C2)C3)CC1. The third-order valence-corrected chi connectivity index (χ3v) is 6.64. The van der Waals surface area contributed by atoms with Crippen molar-refractivity contribution in [3.8, 4) is 0 Å². The molecule has 1 amide bonds. The van der Waals surface area contributed by atoms with Crippen molar-refractivity contribution in [2.75, 3.05) is 13.1 Å². The van der Waals surface area contributed by atoms with Crippen LogP contribution in [0.15, 0.2) is 0 Å². The third-order valence-electron chi connectivity index (χ3n) is 6.64. The van der Waals surface area contributed by atoms with E-state index in [2.05, 4.69) is 0 Å². The average molecular weight is 379 g/mol. The van der Waals surface area contributed by atoms with Gasteiger partial charge in [-0.2, -0.15) is 0 Å². The van der Waals surface area contributed by atoms with E-state index in [1.807, 2.05) is 20.8 Å². The van der Waals surface area contributed by atoms with E-state index < -0.39 is 11.8 Å². The molecule has 5 aliphatic rings. The average Bonchev–Trinajstić information content (AvgIpc) is 2.51. The molecule has 0 unspecified atom stereocenters. The van der Waals surface area contributed by atoms with Gasteiger partial charge < -0.3 is 19.1 Å². The molecule has 1 heterocycles. The van der Waals surface area contributed by atoms with Crippen molar-refractivity contribution in [3.05, 3.63) is 0 Å². The zero-order valence-corrected chi connectivity index (χ0v) is 16.9. The monoisotopic (exact) mass is 379 g/mol. The molecule has 4 aliphatic carbocycles. The molecule has 6 heteroatoms. The number of hydrogen-bond donors (Lipinski definition) is 0. The molecular weight excluding hydrogens is 346 g/mol. The highest BCUT2D eigenvalue weighted by molar-refractivity contribution is 5.68. The van der Waals surface area contributed by atoms with Crippen LogP contribution >= 0.6 is 0 Å². The van der Waals surface area contributed by atoms with Crippen LogP contribution in [0.1, 0.15) is 72.1 Å². The highest BCUT2D eigenvalue weighted by Gasteiger charge is 2.53. The molecule has 0 atom stereocenters. The molecule has 0 N–H and O–H groups in total. The van der Waals surface area contributed by atoms with Gasteiger partial charge in [-0.3, -0.25) is 0 Å². The Morgan fingerprint density at radius 2 is 1.44 bits per heavy atom. The molecule has 27 heavy (non-hydrogen) atoms. The van der Waals surface area contributed by atoms with Crippen molar-refractivity contribution >= 4 is 12.2 Å². The molecule has 1 saturated heterocycles. The first kappa shape index (κ1) is 18.9. The predicted molar refractivity (Wildman–Crippen MR) is 99.3 cm³/mol. The fourth-order valence-corrected chi connectivity index (χ4v) is 5.98. The van der Waals surface area contributed by atoms with Crippen molar-refractivity contribution in [1.29, 1.82) is 0 Å². The van der Waals surface area contributed by atoms with Crippen molar-refractivity contribution in [2.24, 2.45) is 17.8 Å². The van der Waals surface area contributed by atoms with Gasteiger partial charge in [0.05, 0.1) is 0 Å². The van der Waals surface area contributed by atoms with Crippen LogP contribution in [0.5, 0.6) is 0 Å². The van der Waals surface area contributed by atoms with Gasteiger partial charge in [0, 0.05) is 25.9 Å². The van der Waals surface area contributed by atoms with Crippen LogP contribution in [-0.4, -0.2) is 47.5 Å². The number of rotatable bonds is 2. The highest BCUT2D eigenvalue weighted by Crippen LogP contribution is 2.57. The Morgan fingerprint density at radius 1 is 0.926 bits per heavy atom. The molecule has 0 radical (unpaired) electrons. The predicted octanol–water partition coefficient (Wildman–Crippen LogP) is 4.51. The molecule has 0 aromatic carbocycles. The molecule has 4 saturated carbocycles. The van der Waals surface area contributed by atoms with Gasteiger partial charge in [0.15, 0.2) is 0 Å². The van der Waals surface area contributed by atoms with E-state index in [4.69, 9.17) is 14.2 Å². The van der Waals surface area contributed by atoms with Crippen LogP contribution in [-0.2, 0) is 14.2 Å². The van der Waals surface area contributed by atoms with Crippen molar-refractivity contribution in [2.45, 2.75) is 89.4 Å². The van der Waals surface area contributed by atoms with Crippen LogP contribution in [0.2, 0.25) is 0 Å². The minimum absolute atomic E-state index is 0.176. The molecule has 6 nitrogen and oxygen atoms in total. The van der Waals surface area contributed by atoms with E-state index in [9.17, 15) is 9.59 Å². The number of nitrogens with zero attached hydrogens (tertiary/aromatic N) is 1. The van der Waals surface area contributed by atoms with Crippen LogP contribution < -0.4 is 0 Å². The molecule has 0 aromatic heterocycles. The minimum Gasteiger partial charge on any atom is -0.444 e. The van der Waals surface area contributed by atoms with Gasteiger partial charge >= 0.3 is 12.2 Å². The smallest absolute Gasteiger partial charge is 0.444 e. The Labute approximate surface area is 161 Å². The molecule has 5 rings (SSSR count). The van der Waals surface area contributed by atoms with E-state index in [1.54, 1.807) is 4.90 Å². The van der Waals surface area contributed by atoms with E-state index in [0.717, 1.165) is 37.0 Å². The Hall–Kier alpha value is -1.46. The lowest BCUT2D eigenvalue weighted by atomic mass is 9.54. The fourth-order valence-electron chi connectivity index (χ4n) is 5.98. The summed E-state index contributed by atoms with van der Waals surface area (Å²) in [6.45, 7) is 6.68. The third kappa shape index (κ3) is 4.35. The summed E-state index contributed by atoms with van der Waals surface area (Å²) in [5.74, 6) is 2.21. The standard InChI is InChI=1S/C21H33NO5/c1-20(2,3)26-18(23)22-6-4-17(5-7-22)25-19(24)27-21-11-14-8-15(12-21)10-16(9-14)13-21/h14-17H,4-13H2,1-3H3. The van der Waals surface area contributed by atoms with Gasteiger partial charge in [0.1, 0.15) is 17.3 Å². The van der Waals surface area contributed by atoms with Crippen molar-refractivity contribution < 1.29 is 23.8 Å². The number of likely N-dealkylation sites (tertiary alicyclic amines) is 1. The summed E-state index contributed by atoms with van der Waals surface area (Å²) < 4.78 is 17.0. The summed E-state index contributed by atoms with van der Waals surface area (Å²) in [4.78, 5) is 26.3. The molecular formula is C21H33NO5. The maximum atomic E-state index is 12.4. The number of piperidine rings is 1. The largest absolute Gasteiger partial charge is 0.509 e. The van der Waals surface area contributed by atoms with E-state index >= 15 is 0 Å². The number of ether oxygens (including phenoxy) is 3. The number of amides is 1. The zero-order valence-electron chi connectivity index (χ0n) is 16.9. The van der Waals surface area contributed by atoms with Gasteiger partial charge in [0.2, 0.25) is 0 Å². The molecule has 152 valence electrons. The van der Waals surface area contributed by atoms with Crippen molar-refractivity contribution in [3.63, 3.8) is 0 Å². The Morgan fingerprint density at radius 3 is 1.93 bits per heavy atom. The molecule has 5 fully saturated rings. The van der Waals surface area contributed by atoms with E-state index in [0.29, 0.717) is 25.9 Å². The number of carbonyl (C=O) groups excluding carboxylic acids is 2. The van der Waals surface area contributed by atoms with Crippen LogP contribution in [0.3, 0.4) is 0 Å². The van der Waals surface area contributed by atoms with E-state index in [1.165, 1.54) is 19.3 Å². The van der Waals surface area contributed by atoms with Gasteiger partial charge in [-0.25, -0.2) is 9.59 Å². The molecule has 0 spiro atoms. The quantitative estimate of drug-likeness (QED) is 0.661. The molecule has 4 bridgehead atoms. The van der Waals surface area contributed by atoms with E-state index in [-0.39, 0.29) is 17.8 Å². The minimum atomic E-state index is -0.507. The Kier molecular flexibility index (Phi) is 4.79. The Bertz CT molecular complexity index is 553. The summed E-state index contributed by atoms with van der Waals surface area (Å²) in [5, 5.41) is 0. The van der Waals surface area contributed by atoms with Crippen LogP contribution in [0.25, 0.3) is 0 Å². The first-order chi connectivity index (χ1) is 12.7. The lowest BCUT2D eigenvalue weighted by Crippen LogP contribution is -2.53. The topological polar surface area (TPSA) is 65.1 Å². The summed E-state index contributed by atoms with van der Waals surface area (Å²) in [7, 11) is 0. The normalized spacial score (nSPS) is 35.8. The fraction of sp³-hybridized carbons (Fsp3) is 0.905. The summed E-state index contributed by atoms with van der Waals surface area (Å²) in [6, 6.07) is 0. The maximum absolute atomic E-state index is 12.4. The van der Waals surface area contributed by atoms with Gasteiger partial charge in [-0.05, 0) is 77.0 Å². The van der Waals surface area contributed by atoms with Crippen molar-refractivity contribution in [1.82, 2.24) is 4.90 Å². The summed E-state index contributed by atoms with van der Waals surface area (Å²) in [5.41, 5.74) is -0.755. The maximum Gasteiger partial charge on any atom is 0.509 e. The molecule has 1 aliphatic heterocycles. The van der Waals surface area contributed by atoms with Gasteiger partial charge in [-0.15, -0.1) is 0 Å². The van der Waals surface area contributed by atoms with Crippen LogP contribution in [0, 0.1) is 17.8 Å². The van der Waals surface area contributed by atoms with Gasteiger partial charge in [-0.1, -0.05) is 0 Å². The second kappa shape index (κ2) is 6.85. The lowest BCUT2D eigenvalue weighted by molar-refractivity contribution is -0.147. The first-order valence-electron chi connectivity index (χ1n) is 10.6. The zero-order chi connectivity index (χ0) is 19.2. The molecule has 0 aromatic rings. The highest BCUT2D eigenvalue weighted by atomic mass is 16.7. The first-order valence-corrected chi connectivity index (χ1v) is 10.6. The summed E-state index contributed by atoms with van der Waals surface area (Å²) in [6.07, 6.45) is 7.31. The Balaban J connectivity index is 1.24. The number of carbonyl (C=O) groups is 2. The van der Waals surface area contributed by atoms with Gasteiger partial charge in [0.25, 0.3) is 0 Å². The lowest BCUT2D eigenvalue weighted by Gasteiger charge is -2.55. The summed E-state index contributed by atoms with van der Waals surface area (Å²) >= 11 is 0. The second-order valence-electron chi connectivity index (χ2n) is 10.2. The second-order valence-corrected chi connectivity index (χ2v) is 10.2. The number of hydrogen-bond acceptors (Lipinski definition) is 5. The van der Waals surface area contributed by atoms with Crippen LogP contribution in [0.4, 0.5) is 9.59 Å².